The minimum Gasteiger partial charge on any atom is -0.467 e. The summed E-state index contributed by atoms with van der Waals surface area (Å²) in [6, 6.07) is 9.71. The van der Waals surface area contributed by atoms with Gasteiger partial charge in [0.05, 0.1) is 12.8 Å². The van der Waals surface area contributed by atoms with Crippen LogP contribution in [0, 0.1) is 11.7 Å². The van der Waals surface area contributed by atoms with Crippen LogP contribution in [0.4, 0.5) is 9.18 Å². The molecule has 3 amide bonds. The van der Waals surface area contributed by atoms with Crippen LogP contribution in [0.3, 0.4) is 0 Å². The molecule has 0 atom stereocenters. The molecule has 0 spiro atoms. The van der Waals surface area contributed by atoms with Gasteiger partial charge in [0.2, 0.25) is 5.91 Å². The second-order valence-corrected chi connectivity index (χ2v) is 6.31. The molecule has 0 aliphatic carbocycles. The van der Waals surface area contributed by atoms with E-state index in [0.717, 1.165) is 0 Å². The van der Waals surface area contributed by atoms with Crippen molar-refractivity contribution in [2.75, 3.05) is 13.1 Å². The molecule has 1 aliphatic heterocycles. The van der Waals surface area contributed by atoms with E-state index in [1.165, 1.54) is 6.07 Å². The first-order valence-electron chi connectivity index (χ1n) is 8.70. The average Bonchev–Trinajstić information content (AvgIpc) is 3.19. The highest BCUT2D eigenvalue weighted by Gasteiger charge is 2.27. The lowest BCUT2D eigenvalue weighted by Crippen LogP contribution is -2.46. The fraction of sp³-hybridized carbons (Fsp3) is 0.368. The van der Waals surface area contributed by atoms with Crippen LogP contribution in [-0.2, 0) is 17.9 Å². The highest BCUT2D eigenvalue weighted by Crippen LogP contribution is 2.18. The van der Waals surface area contributed by atoms with Crippen LogP contribution in [0.1, 0.15) is 24.2 Å². The molecule has 0 radical (unpaired) electrons. The fourth-order valence-corrected chi connectivity index (χ4v) is 3.00. The van der Waals surface area contributed by atoms with E-state index in [1.807, 2.05) is 6.07 Å². The number of nitrogens with zero attached hydrogens (tertiary/aromatic N) is 1. The van der Waals surface area contributed by atoms with Crippen LogP contribution in [0.5, 0.6) is 0 Å². The van der Waals surface area contributed by atoms with E-state index < -0.39 is 0 Å². The van der Waals surface area contributed by atoms with Crippen LogP contribution in [0.25, 0.3) is 0 Å². The zero-order valence-corrected chi connectivity index (χ0v) is 14.4. The number of halogens is 1. The van der Waals surface area contributed by atoms with Crippen molar-refractivity contribution in [2.45, 2.75) is 25.9 Å². The third kappa shape index (κ3) is 4.62. The quantitative estimate of drug-likeness (QED) is 0.862. The summed E-state index contributed by atoms with van der Waals surface area (Å²) in [5, 5.41) is 5.59. The number of hydrogen-bond donors (Lipinski definition) is 2. The topological polar surface area (TPSA) is 74.6 Å². The SMILES string of the molecule is O=C(NCc1ccco1)C1CCN(C(=O)NCc2ccccc2F)CC1. The first-order chi connectivity index (χ1) is 12.6. The van der Waals surface area contributed by atoms with E-state index in [2.05, 4.69) is 10.6 Å². The molecule has 1 saturated heterocycles. The average molecular weight is 359 g/mol. The molecule has 6 nitrogen and oxygen atoms in total. The number of piperidine rings is 1. The summed E-state index contributed by atoms with van der Waals surface area (Å²) in [7, 11) is 0. The largest absolute Gasteiger partial charge is 0.467 e. The molecular formula is C19H22FN3O3. The first-order valence-corrected chi connectivity index (χ1v) is 8.70. The molecule has 1 aromatic heterocycles. The van der Waals surface area contributed by atoms with E-state index in [-0.39, 0.29) is 30.2 Å². The minimum absolute atomic E-state index is 0.0205. The minimum atomic E-state index is -0.334. The van der Waals surface area contributed by atoms with Gasteiger partial charge in [-0.1, -0.05) is 18.2 Å². The number of benzene rings is 1. The normalized spacial score (nSPS) is 14.9. The smallest absolute Gasteiger partial charge is 0.317 e. The summed E-state index contributed by atoms with van der Waals surface area (Å²) in [6.45, 7) is 1.52. The van der Waals surface area contributed by atoms with Crippen molar-refractivity contribution in [3.05, 3.63) is 59.8 Å². The summed E-state index contributed by atoms with van der Waals surface area (Å²) in [5.41, 5.74) is 0.452. The van der Waals surface area contributed by atoms with E-state index >= 15 is 0 Å². The molecule has 1 aromatic carbocycles. The van der Waals surface area contributed by atoms with Gasteiger partial charge in [-0.3, -0.25) is 4.79 Å². The monoisotopic (exact) mass is 359 g/mol. The predicted octanol–water partition coefficient (Wildman–Crippen LogP) is 2.66. The van der Waals surface area contributed by atoms with Crippen molar-refractivity contribution in [3.63, 3.8) is 0 Å². The Balaban J connectivity index is 1.40. The fourth-order valence-electron chi connectivity index (χ4n) is 3.00. The number of nitrogens with one attached hydrogen (secondary N) is 2. The summed E-state index contributed by atoms with van der Waals surface area (Å²) in [5.74, 6) is 0.247. The van der Waals surface area contributed by atoms with E-state index in [1.54, 1.807) is 35.4 Å². The van der Waals surface area contributed by atoms with Gasteiger partial charge in [-0.15, -0.1) is 0 Å². The lowest BCUT2D eigenvalue weighted by atomic mass is 9.96. The summed E-state index contributed by atoms with van der Waals surface area (Å²) >= 11 is 0. The summed E-state index contributed by atoms with van der Waals surface area (Å²) in [4.78, 5) is 26.1. The third-order valence-electron chi connectivity index (χ3n) is 4.56. The summed E-state index contributed by atoms with van der Waals surface area (Å²) in [6.07, 6.45) is 2.79. The Morgan fingerprint density at radius 2 is 1.85 bits per heavy atom. The number of furan rings is 1. The van der Waals surface area contributed by atoms with Crippen LogP contribution < -0.4 is 10.6 Å². The molecule has 0 unspecified atom stereocenters. The van der Waals surface area contributed by atoms with Crippen molar-refractivity contribution in [1.82, 2.24) is 15.5 Å². The van der Waals surface area contributed by atoms with Crippen LogP contribution in [0.15, 0.2) is 47.1 Å². The summed E-state index contributed by atoms with van der Waals surface area (Å²) < 4.78 is 18.8. The van der Waals surface area contributed by atoms with E-state index in [0.29, 0.717) is 43.8 Å². The van der Waals surface area contributed by atoms with Gasteiger partial charge in [-0.25, -0.2) is 9.18 Å². The van der Waals surface area contributed by atoms with Gasteiger partial charge < -0.3 is 20.0 Å². The molecule has 138 valence electrons. The van der Waals surface area contributed by atoms with Crippen molar-refractivity contribution in [1.29, 1.82) is 0 Å². The number of urea groups is 1. The molecular weight excluding hydrogens is 337 g/mol. The molecule has 0 bridgehead atoms. The standard InChI is InChI=1S/C19H22FN3O3/c20-17-6-2-1-4-15(17)12-22-19(25)23-9-7-14(8-10-23)18(24)21-13-16-5-3-11-26-16/h1-6,11,14H,7-10,12-13H2,(H,21,24)(H,22,25). The predicted molar refractivity (Wildman–Crippen MR) is 93.5 cm³/mol. The van der Waals surface area contributed by atoms with Crippen molar-refractivity contribution in [3.8, 4) is 0 Å². The Hall–Kier alpha value is -2.83. The van der Waals surface area contributed by atoms with Crippen LogP contribution >= 0.6 is 0 Å². The van der Waals surface area contributed by atoms with Gasteiger partial charge in [0.1, 0.15) is 11.6 Å². The zero-order valence-electron chi connectivity index (χ0n) is 14.4. The molecule has 7 heteroatoms. The Morgan fingerprint density at radius 1 is 1.08 bits per heavy atom. The Kier molecular flexibility index (Phi) is 5.88. The van der Waals surface area contributed by atoms with Gasteiger partial charge in [0, 0.05) is 31.1 Å². The molecule has 26 heavy (non-hydrogen) atoms. The Morgan fingerprint density at radius 3 is 2.54 bits per heavy atom. The van der Waals surface area contributed by atoms with Crippen LogP contribution in [-0.4, -0.2) is 29.9 Å². The molecule has 2 heterocycles. The highest BCUT2D eigenvalue weighted by atomic mass is 19.1. The molecule has 1 aliphatic rings. The lowest BCUT2D eigenvalue weighted by molar-refractivity contribution is -0.126. The number of hydrogen-bond acceptors (Lipinski definition) is 3. The Labute approximate surface area is 151 Å². The molecule has 3 rings (SSSR count). The Bertz CT molecular complexity index is 740. The van der Waals surface area contributed by atoms with Crippen molar-refractivity contribution in [2.24, 2.45) is 5.92 Å². The van der Waals surface area contributed by atoms with Gasteiger partial charge in [0.15, 0.2) is 0 Å². The van der Waals surface area contributed by atoms with Gasteiger partial charge in [0.25, 0.3) is 0 Å². The van der Waals surface area contributed by atoms with Crippen molar-refractivity contribution < 1.29 is 18.4 Å². The highest BCUT2D eigenvalue weighted by molar-refractivity contribution is 5.79. The van der Waals surface area contributed by atoms with E-state index in [9.17, 15) is 14.0 Å². The molecule has 1 fully saturated rings. The van der Waals surface area contributed by atoms with E-state index in [4.69, 9.17) is 4.42 Å². The first kappa shape index (κ1) is 18.0. The second-order valence-electron chi connectivity index (χ2n) is 6.31. The second kappa shape index (κ2) is 8.51. The van der Waals surface area contributed by atoms with Gasteiger partial charge in [-0.2, -0.15) is 0 Å². The maximum atomic E-state index is 13.6. The van der Waals surface area contributed by atoms with Gasteiger partial charge >= 0.3 is 6.03 Å². The van der Waals surface area contributed by atoms with Gasteiger partial charge in [-0.05, 0) is 31.0 Å². The number of carbonyl (C=O) groups is 2. The third-order valence-corrected chi connectivity index (χ3v) is 4.56. The molecule has 0 saturated carbocycles. The van der Waals surface area contributed by atoms with Crippen molar-refractivity contribution >= 4 is 11.9 Å². The molecule has 2 N–H and O–H groups in total. The maximum absolute atomic E-state index is 13.6. The number of rotatable bonds is 5. The number of carbonyl (C=O) groups excluding carboxylic acids is 2. The maximum Gasteiger partial charge on any atom is 0.317 e. The lowest BCUT2D eigenvalue weighted by Gasteiger charge is -2.31. The zero-order chi connectivity index (χ0) is 18.4. The number of likely N-dealkylation sites (tertiary alicyclic amines) is 1. The number of amides is 3. The van der Waals surface area contributed by atoms with Crippen LogP contribution in [0.2, 0.25) is 0 Å². The molecule has 2 aromatic rings.